The van der Waals surface area contributed by atoms with Crippen LogP contribution in [0, 0.1) is 0 Å². The Labute approximate surface area is 130 Å². The third-order valence-electron chi connectivity index (χ3n) is 2.49. The Morgan fingerprint density at radius 3 is 1.65 bits per heavy atom. The van der Waals surface area contributed by atoms with Crippen LogP contribution < -0.4 is 5.73 Å². The summed E-state index contributed by atoms with van der Waals surface area (Å²) in [6.07, 6.45) is -8.06. The Balaban J connectivity index is 0. The number of aliphatic hydroxyl groups is 5. The number of carboxylic acid groups (broad SMARTS) is 3. The van der Waals surface area contributed by atoms with E-state index in [1.165, 1.54) is 0 Å². The molecule has 0 amide bonds. The summed E-state index contributed by atoms with van der Waals surface area (Å²) in [6, 6.07) is -1.06. The second kappa shape index (κ2) is 11.7. The van der Waals surface area contributed by atoms with Gasteiger partial charge in [-0.1, -0.05) is 0 Å². The van der Waals surface area contributed by atoms with Crippen molar-refractivity contribution in [3.05, 3.63) is 0 Å². The molecule has 0 aliphatic heterocycles. The van der Waals surface area contributed by atoms with Gasteiger partial charge in [-0.25, -0.2) is 4.79 Å². The van der Waals surface area contributed by atoms with E-state index in [1.54, 1.807) is 0 Å². The van der Waals surface area contributed by atoms with Crippen LogP contribution in [0.4, 0.5) is 0 Å². The molecule has 0 heterocycles. The van der Waals surface area contributed by atoms with Crippen molar-refractivity contribution in [2.75, 3.05) is 6.61 Å². The maximum atomic E-state index is 10.1. The number of nitrogens with two attached hydrogens (primary N) is 1. The number of carbonyl (C=O) groups is 3. The third kappa shape index (κ3) is 10.5. The fraction of sp³-hybridized carbons (Fsp3) is 0.727. The molecular formula is C11H21NO11. The van der Waals surface area contributed by atoms with E-state index in [9.17, 15) is 14.4 Å². The number of aliphatic carboxylic acids is 3. The molecule has 0 aromatic heterocycles. The first-order valence-electron chi connectivity index (χ1n) is 6.21. The van der Waals surface area contributed by atoms with E-state index in [0.717, 1.165) is 0 Å². The largest absolute Gasteiger partial charge is 0.481 e. The minimum Gasteiger partial charge on any atom is -0.481 e. The van der Waals surface area contributed by atoms with Gasteiger partial charge in [-0.15, -0.1) is 0 Å². The normalized spacial score (nSPS) is 17.0. The summed E-state index contributed by atoms with van der Waals surface area (Å²) < 4.78 is 0. The molecule has 0 aromatic carbocycles. The van der Waals surface area contributed by atoms with Crippen LogP contribution >= 0.6 is 0 Å². The molecule has 0 aliphatic carbocycles. The molecule has 0 aromatic rings. The Morgan fingerprint density at radius 2 is 1.35 bits per heavy atom. The summed E-state index contributed by atoms with van der Waals surface area (Å²) in [5.74, 6) is -3.92. The maximum Gasteiger partial charge on any atom is 0.335 e. The standard InChI is InChI=1S/C6H12O7.C5H9NO4/c7-1-2(8)3(9)4(10)5(11)6(12)13;6-3(5(9)10)1-2-4(7)8/h2-5,7-11H,1H2,(H,12,13);3H,1-2,6H2,(H,7,8)(H,9,10)/t2-,3-,4+,5-;3-/m10/s1. The molecular weight excluding hydrogens is 322 g/mol. The summed E-state index contributed by atoms with van der Waals surface area (Å²) in [7, 11) is 0. The second-order valence-corrected chi connectivity index (χ2v) is 4.39. The SMILES string of the molecule is N[C@@H](CCC(=O)O)C(=O)O.O=C(O)[C@H](O)[C@@H](O)[C@H](O)[C@H](O)CO. The van der Waals surface area contributed by atoms with Crippen molar-refractivity contribution in [1.82, 2.24) is 0 Å². The van der Waals surface area contributed by atoms with Crippen molar-refractivity contribution in [2.45, 2.75) is 43.3 Å². The summed E-state index contributed by atoms with van der Waals surface area (Å²) in [5.41, 5.74) is 5.00. The predicted octanol–water partition coefficient (Wildman–Crippen LogP) is -4.23. The molecule has 0 fully saturated rings. The topological polar surface area (TPSA) is 239 Å². The van der Waals surface area contributed by atoms with Crippen LogP contribution in [0.1, 0.15) is 12.8 Å². The van der Waals surface area contributed by atoms with Crippen LogP contribution in [0.3, 0.4) is 0 Å². The first-order valence-corrected chi connectivity index (χ1v) is 6.21. The summed E-state index contributed by atoms with van der Waals surface area (Å²) in [5, 5.41) is 68.1. The van der Waals surface area contributed by atoms with Crippen LogP contribution in [0.2, 0.25) is 0 Å². The van der Waals surface area contributed by atoms with E-state index in [2.05, 4.69) is 0 Å². The number of carboxylic acids is 3. The van der Waals surface area contributed by atoms with E-state index in [-0.39, 0.29) is 12.8 Å². The molecule has 23 heavy (non-hydrogen) atoms. The lowest BCUT2D eigenvalue weighted by Gasteiger charge is -2.23. The number of aliphatic hydroxyl groups excluding tert-OH is 5. The minimum atomic E-state index is -2.20. The van der Waals surface area contributed by atoms with Gasteiger partial charge in [0, 0.05) is 6.42 Å². The summed E-state index contributed by atoms with van der Waals surface area (Å²) in [6.45, 7) is -0.843. The highest BCUT2D eigenvalue weighted by Crippen LogP contribution is 2.04. The van der Waals surface area contributed by atoms with Crippen molar-refractivity contribution < 1.29 is 55.2 Å². The van der Waals surface area contributed by atoms with Crippen molar-refractivity contribution >= 4 is 17.9 Å². The molecule has 10 N–H and O–H groups in total. The molecule has 136 valence electrons. The van der Waals surface area contributed by atoms with E-state index in [4.69, 9.17) is 46.6 Å². The molecule has 12 nitrogen and oxygen atoms in total. The van der Waals surface area contributed by atoms with Gasteiger partial charge in [0.2, 0.25) is 0 Å². The van der Waals surface area contributed by atoms with Gasteiger partial charge in [0.1, 0.15) is 24.4 Å². The Morgan fingerprint density at radius 1 is 0.870 bits per heavy atom. The molecule has 0 spiro atoms. The maximum absolute atomic E-state index is 10.1. The van der Waals surface area contributed by atoms with Gasteiger partial charge in [0.25, 0.3) is 0 Å². The van der Waals surface area contributed by atoms with Crippen LogP contribution in [-0.2, 0) is 14.4 Å². The Kier molecular flexibility index (Phi) is 11.9. The highest BCUT2D eigenvalue weighted by molar-refractivity contribution is 5.74. The molecule has 0 aliphatic rings. The summed E-state index contributed by atoms with van der Waals surface area (Å²) in [4.78, 5) is 30.0. The van der Waals surface area contributed by atoms with Gasteiger partial charge in [-0.3, -0.25) is 9.59 Å². The van der Waals surface area contributed by atoms with E-state index in [0.29, 0.717) is 0 Å². The van der Waals surface area contributed by atoms with Crippen LogP contribution in [-0.4, -0.2) is 95.8 Å². The van der Waals surface area contributed by atoms with Gasteiger partial charge in [-0.2, -0.15) is 0 Å². The van der Waals surface area contributed by atoms with Gasteiger partial charge >= 0.3 is 17.9 Å². The van der Waals surface area contributed by atoms with Gasteiger partial charge in [-0.05, 0) is 6.42 Å². The zero-order valence-corrected chi connectivity index (χ0v) is 11.9. The van der Waals surface area contributed by atoms with Crippen molar-refractivity contribution in [2.24, 2.45) is 5.73 Å². The predicted molar refractivity (Wildman–Crippen MR) is 71.2 cm³/mol. The lowest BCUT2D eigenvalue weighted by molar-refractivity contribution is -0.164. The van der Waals surface area contributed by atoms with Crippen molar-refractivity contribution in [3.63, 3.8) is 0 Å². The lowest BCUT2D eigenvalue weighted by Crippen LogP contribution is -2.48. The van der Waals surface area contributed by atoms with E-state index >= 15 is 0 Å². The average Bonchev–Trinajstić information content (AvgIpc) is 2.49. The van der Waals surface area contributed by atoms with Crippen LogP contribution in [0.25, 0.3) is 0 Å². The Hall–Kier alpha value is -1.83. The molecule has 5 atom stereocenters. The van der Waals surface area contributed by atoms with Crippen LogP contribution in [0.15, 0.2) is 0 Å². The number of hydrogen-bond acceptors (Lipinski definition) is 9. The molecule has 0 rings (SSSR count). The van der Waals surface area contributed by atoms with E-state index < -0.39 is 55.0 Å². The van der Waals surface area contributed by atoms with Gasteiger partial charge in [0.05, 0.1) is 6.61 Å². The summed E-state index contributed by atoms with van der Waals surface area (Å²) >= 11 is 0. The Bertz CT molecular complexity index is 388. The first-order chi connectivity index (χ1) is 10.4. The molecule has 0 saturated carbocycles. The smallest absolute Gasteiger partial charge is 0.335 e. The quantitative estimate of drug-likeness (QED) is 0.193. The number of rotatable bonds is 9. The molecule has 0 unspecified atom stereocenters. The molecule has 0 saturated heterocycles. The van der Waals surface area contributed by atoms with E-state index in [1.807, 2.05) is 0 Å². The minimum absolute atomic E-state index is 0.0231. The molecule has 12 heteroatoms. The monoisotopic (exact) mass is 343 g/mol. The first kappa shape index (κ1) is 23.4. The third-order valence-corrected chi connectivity index (χ3v) is 2.49. The lowest BCUT2D eigenvalue weighted by atomic mass is 10.0. The highest BCUT2D eigenvalue weighted by Gasteiger charge is 2.33. The zero-order chi connectivity index (χ0) is 18.7. The fourth-order valence-electron chi connectivity index (χ4n) is 1.07. The average molecular weight is 343 g/mol. The van der Waals surface area contributed by atoms with Gasteiger partial charge in [0.15, 0.2) is 6.10 Å². The molecule has 0 bridgehead atoms. The molecule has 0 radical (unpaired) electrons. The second-order valence-electron chi connectivity index (χ2n) is 4.39. The fourth-order valence-corrected chi connectivity index (χ4v) is 1.07. The van der Waals surface area contributed by atoms with Crippen molar-refractivity contribution in [3.8, 4) is 0 Å². The van der Waals surface area contributed by atoms with Gasteiger partial charge < -0.3 is 46.6 Å². The number of hydrogen-bond donors (Lipinski definition) is 9. The highest BCUT2D eigenvalue weighted by atomic mass is 16.4. The zero-order valence-electron chi connectivity index (χ0n) is 11.9. The van der Waals surface area contributed by atoms with Crippen LogP contribution in [0.5, 0.6) is 0 Å². The van der Waals surface area contributed by atoms with Crippen molar-refractivity contribution in [1.29, 1.82) is 0 Å².